The molecule has 2 fully saturated rings. The number of amides is 3. The molecule has 16 heteroatoms. The van der Waals surface area contributed by atoms with Crippen LogP contribution in [0.25, 0.3) is 21.8 Å². The topological polar surface area (TPSA) is 175 Å². The highest BCUT2D eigenvalue weighted by atomic mass is 35.5. The molecule has 0 saturated carbocycles. The summed E-state index contributed by atoms with van der Waals surface area (Å²) in [5.41, 5.74) is 2.47. The van der Waals surface area contributed by atoms with Gasteiger partial charge in [0.15, 0.2) is 18.2 Å². The molecule has 2 aliphatic heterocycles. The molecule has 0 aliphatic carbocycles. The number of ether oxygens (including phenoxy) is 2. The van der Waals surface area contributed by atoms with Crippen LogP contribution in [0.4, 0.5) is 17.5 Å². The average Bonchev–Trinajstić information content (AvgIpc) is 3.48. The molecule has 2 aromatic carbocycles. The molecule has 52 heavy (non-hydrogen) atoms. The second-order valence-electron chi connectivity index (χ2n) is 13.0. The zero-order valence-corrected chi connectivity index (χ0v) is 29.7. The molecule has 2 aliphatic rings. The molecule has 7 rings (SSSR count). The van der Waals surface area contributed by atoms with Crippen LogP contribution in [0, 0.1) is 5.92 Å². The fourth-order valence-corrected chi connectivity index (χ4v) is 6.97. The van der Waals surface area contributed by atoms with E-state index in [0.29, 0.717) is 59.0 Å². The van der Waals surface area contributed by atoms with Gasteiger partial charge in [-0.05, 0) is 49.6 Å². The third-order valence-electron chi connectivity index (χ3n) is 9.52. The lowest BCUT2D eigenvalue weighted by atomic mass is 9.93. The maximum atomic E-state index is 12.8. The lowest BCUT2D eigenvalue weighted by Crippen LogP contribution is -2.39. The number of carbonyl (C=O) groups is 3. The van der Waals surface area contributed by atoms with Crippen LogP contribution >= 0.6 is 11.6 Å². The van der Waals surface area contributed by atoms with E-state index in [1.807, 2.05) is 43.4 Å². The Hall–Kier alpha value is -5.70. The van der Waals surface area contributed by atoms with Gasteiger partial charge < -0.3 is 29.6 Å². The van der Waals surface area contributed by atoms with Crippen molar-refractivity contribution in [3.05, 3.63) is 69.7 Å². The highest BCUT2D eigenvalue weighted by Gasteiger charge is 2.32. The van der Waals surface area contributed by atoms with E-state index in [1.165, 1.54) is 11.6 Å². The Morgan fingerprint density at radius 2 is 1.92 bits per heavy atom. The summed E-state index contributed by atoms with van der Waals surface area (Å²) in [7, 11) is 4.98. The lowest BCUT2D eigenvalue weighted by Gasteiger charge is -2.32. The minimum atomic E-state index is -0.493. The van der Waals surface area contributed by atoms with Gasteiger partial charge in [0.2, 0.25) is 17.8 Å². The molecule has 5 aromatic rings. The average molecular weight is 728 g/mol. The number of benzene rings is 2. The van der Waals surface area contributed by atoms with E-state index in [9.17, 15) is 19.2 Å². The number of rotatable bonds is 10. The third-order valence-corrected chi connectivity index (χ3v) is 9.80. The molecular formula is C36H38ClN9O6. The number of pyridine rings is 1. The molecule has 5 heterocycles. The number of fused-ring (bicyclic) bond motifs is 2. The predicted octanol–water partition coefficient (Wildman–Crippen LogP) is 3.55. The summed E-state index contributed by atoms with van der Waals surface area (Å²) < 4.78 is 15.1. The van der Waals surface area contributed by atoms with Crippen molar-refractivity contribution < 1.29 is 23.9 Å². The van der Waals surface area contributed by atoms with Crippen LogP contribution < -0.4 is 35.9 Å². The zero-order chi connectivity index (χ0) is 36.5. The van der Waals surface area contributed by atoms with Crippen molar-refractivity contribution in [1.82, 2.24) is 34.9 Å². The molecule has 0 radical (unpaired) electrons. The Labute approximate surface area is 303 Å². The molecule has 0 bridgehead atoms. The van der Waals surface area contributed by atoms with Crippen LogP contribution in [0.15, 0.2) is 53.5 Å². The van der Waals surface area contributed by atoms with Crippen LogP contribution in [-0.4, -0.2) is 75.4 Å². The SMILES string of the molecule is CNC(=O)COc1cc2cc(Nc3nc(N4CCCC(COc5cccc6c(C7CCC(=O)NC7=O)nn(C)c56)C4)ncc3Cl)ccc2n(C)c1=O. The van der Waals surface area contributed by atoms with Gasteiger partial charge in [0.05, 0.1) is 29.9 Å². The van der Waals surface area contributed by atoms with Gasteiger partial charge in [-0.2, -0.15) is 10.1 Å². The summed E-state index contributed by atoms with van der Waals surface area (Å²) in [6.07, 6.45) is 4.17. The van der Waals surface area contributed by atoms with Gasteiger partial charge in [-0.3, -0.25) is 29.2 Å². The van der Waals surface area contributed by atoms with Gasteiger partial charge in [-0.15, -0.1) is 0 Å². The molecule has 15 nitrogen and oxygen atoms in total. The summed E-state index contributed by atoms with van der Waals surface area (Å²) in [6.45, 7) is 1.63. The third kappa shape index (κ3) is 6.95. The van der Waals surface area contributed by atoms with Gasteiger partial charge in [-0.25, -0.2) is 4.98 Å². The largest absolute Gasteiger partial charge is 0.491 e. The van der Waals surface area contributed by atoms with E-state index in [0.717, 1.165) is 35.7 Å². The quantitative estimate of drug-likeness (QED) is 0.180. The van der Waals surface area contributed by atoms with Crippen molar-refractivity contribution in [3.8, 4) is 11.5 Å². The minimum absolute atomic E-state index is 0.0655. The fourth-order valence-electron chi connectivity index (χ4n) is 6.83. The number of aryl methyl sites for hydroxylation is 2. The number of para-hydroxylation sites is 1. The summed E-state index contributed by atoms with van der Waals surface area (Å²) >= 11 is 6.56. The minimum Gasteiger partial charge on any atom is -0.491 e. The van der Waals surface area contributed by atoms with Crippen LogP contribution in [0.1, 0.15) is 37.3 Å². The summed E-state index contributed by atoms with van der Waals surface area (Å²) in [6, 6.07) is 12.8. The van der Waals surface area contributed by atoms with Crippen LogP contribution in [0.5, 0.6) is 11.5 Å². The predicted molar refractivity (Wildman–Crippen MR) is 195 cm³/mol. The normalized spacial score (nSPS) is 17.7. The van der Waals surface area contributed by atoms with E-state index < -0.39 is 5.92 Å². The maximum absolute atomic E-state index is 12.8. The highest BCUT2D eigenvalue weighted by molar-refractivity contribution is 6.33. The molecule has 3 N–H and O–H groups in total. The maximum Gasteiger partial charge on any atom is 0.293 e. The Morgan fingerprint density at radius 3 is 2.73 bits per heavy atom. The fraction of sp³-hybridized carbons (Fsp3) is 0.361. The van der Waals surface area contributed by atoms with E-state index in [-0.39, 0.29) is 48.0 Å². The first kappa shape index (κ1) is 34.7. The van der Waals surface area contributed by atoms with E-state index in [4.69, 9.17) is 26.1 Å². The summed E-state index contributed by atoms with van der Waals surface area (Å²) in [5, 5.41) is 14.8. The molecular weight excluding hydrogens is 690 g/mol. The van der Waals surface area contributed by atoms with Crippen LogP contribution in [-0.2, 0) is 28.5 Å². The number of imide groups is 1. The van der Waals surface area contributed by atoms with Crippen molar-refractivity contribution >= 4 is 68.6 Å². The molecule has 0 spiro atoms. The van der Waals surface area contributed by atoms with E-state index >= 15 is 0 Å². The number of hydrogen-bond acceptors (Lipinski definition) is 11. The van der Waals surface area contributed by atoms with Gasteiger partial charge in [-0.1, -0.05) is 23.7 Å². The second-order valence-corrected chi connectivity index (χ2v) is 13.4. The van der Waals surface area contributed by atoms with E-state index in [2.05, 4.69) is 30.9 Å². The zero-order valence-electron chi connectivity index (χ0n) is 28.9. The Kier molecular flexibility index (Phi) is 9.69. The Bertz CT molecular complexity index is 2270. The van der Waals surface area contributed by atoms with Gasteiger partial charge in [0, 0.05) is 63.0 Å². The monoisotopic (exact) mass is 727 g/mol. The molecule has 3 aromatic heterocycles. The van der Waals surface area contributed by atoms with E-state index in [1.54, 1.807) is 24.0 Å². The number of nitrogens with one attached hydrogen (secondary N) is 3. The number of piperidine rings is 2. The molecule has 2 atom stereocenters. The Balaban J connectivity index is 1.05. The van der Waals surface area contributed by atoms with Crippen LogP contribution in [0.2, 0.25) is 5.02 Å². The molecule has 2 saturated heterocycles. The van der Waals surface area contributed by atoms with Gasteiger partial charge in [0.1, 0.15) is 16.3 Å². The van der Waals surface area contributed by atoms with Crippen molar-refractivity contribution in [2.75, 3.05) is 43.6 Å². The summed E-state index contributed by atoms with van der Waals surface area (Å²) in [4.78, 5) is 60.3. The number of likely N-dealkylation sites (N-methyl/N-ethyl adjacent to an activating group) is 1. The smallest absolute Gasteiger partial charge is 0.293 e. The molecule has 270 valence electrons. The number of halogens is 1. The molecule has 3 amide bonds. The first-order chi connectivity index (χ1) is 25.1. The van der Waals surface area contributed by atoms with Crippen LogP contribution in [0.3, 0.4) is 0 Å². The number of hydrogen-bond donors (Lipinski definition) is 3. The Morgan fingerprint density at radius 1 is 1.08 bits per heavy atom. The van der Waals surface area contributed by atoms with Crippen molar-refractivity contribution in [2.24, 2.45) is 20.0 Å². The second kappa shape index (κ2) is 14.5. The number of nitrogens with zero attached hydrogens (tertiary/aromatic N) is 6. The van der Waals surface area contributed by atoms with Crippen molar-refractivity contribution in [1.29, 1.82) is 0 Å². The standard InChI is InChI=1S/C36H38ClN9O6/c1-38-30(48)19-52-28-15-21-14-22(9-11-26(21)44(2)35(28)50)40-33-25(37)16-39-36(42-33)46-13-5-6-20(17-46)18-51-27-8-4-7-23-31(43-45(3)32(23)27)24-10-12-29(47)41-34(24)49/h4,7-9,11,14-16,20,24H,5-6,10,12-13,17-19H2,1-3H3,(H,38,48)(H,39,40,42)(H,41,47,49). The number of aromatic nitrogens is 5. The first-order valence-electron chi connectivity index (χ1n) is 17.0. The van der Waals surface area contributed by atoms with Crippen molar-refractivity contribution in [2.45, 2.75) is 31.6 Å². The van der Waals surface area contributed by atoms with Crippen molar-refractivity contribution in [3.63, 3.8) is 0 Å². The highest BCUT2D eigenvalue weighted by Crippen LogP contribution is 2.35. The van der Waals surface area contributed by atoms with Gasteiger partial charge in [0.25, 0.3) is 11.5 Å². The molecule has 2 unspecified atom stereocenters. The number of anilines is 3. The summed E-state index contributed by atoms with van der Waals surface area (Å²) in [5.74, 6) is 0.481. The first-order valence-corrected chi connectivity index (χ1v) is 17.4. The van der Waals surface area contributed by atoms with Gasteiger partial charge >= 0.3 is 0 Å². The number of carbonyl (C=O) groups excluding carboxylic acids is 3. The lowest BCUT2D eigenvalue weighted by molar-refractivity contribution is -0.134.